The maximum Gasteiger partial charge on any atom is 0.0746 e. The largest absolute Gasteiger partial charge is 0.310 e. The third-order valence-electron chi connectivity index (χ3n) is 15.2. The van der Waals surface area contributed by atoms with Crippen LogP contribution in [0.2, 0.25) is 0 Å². The third kappa shape index (κ3) is 4.85. The number of hydrogen-bond donors (Lipinski definition) is 0. The standard InChI is InChI=1S/C64H44N2/c1-63(2)52-26-11-9-24-50(52)61-56(63)30-17-32-59(61)66(44-37-34-41(35-38-44)42-36-39-58-51(40-42)48-23-10-15-31-57(48)65(58)43-18-4-3-5-19-43)60-33-16-25-49-47-22-8-14-29-55(47)64(62(49)60)53-27-12-6-20-45(53)46-21-7-13-28-54(46)64/h3-40H,1-2H3. The molecule has 1 aromatic heterocycles. The van der Waals surface area contributed by atoms with Gasteiger partial charge in [-0.25, -0.2) is 0 Å². The molecule has 0 amide bonds. The summed E-state index contributed by atoms with van der Waals surface area (Å²) in [7, 11) is 0. The Morgan fingerprint density at radius 1 is 0.364 bits per heavy atom. The lowest BCUT2D eigenvalue weighted by molar-refractivity contribution is 0.660. The van der Waals surface area contributed by atoms with Crippen molar-refractivity contribution in [3.05, 3.63) is 264 Å². The van der Waals surface area contributed by atoms with Crippen LogP contribution in [0.3, 0.4) is 0 Å². The minimum Gasteiger partial charge on any atom is -0.310 e. The topological polar surface area (TPSA) is 8.17 Å². The molecular weight excluding hydrogens is 797 g/mol. The van der Waals surface area contributed by atoms with Crippen molar-refractivity contribution in [2.45, 2.75) is 24.7 Å². The van der Waals surface area contributed by atoms with E-state index < -0.39 is 5.41 Å². The minimum absolute atomic E-state index is 0.154. The van der Waals surface area contributed by atoms with Crippen molar-refractivity contribution in [2.75, 3.05) is 4.90 Å². The van der Waals surface area contributed by atoms with Crippen molar-refractivity contribution >= 4 is 38.9 Å². The summed E-state index contributed by atoms with van der Waals surface area (Å²) in [6.45, 7) is 4.76. The number of benzene rings is 10. The second-order valence-corrected chi connectivity index (χ2v) is 18.8. The van der Waals surface area contributed by atoms with Gasteiger partial charge >= 0.3 is 0 Å². The normalized spacial score (nSPS) is 14.2. The summed E-state index contributed by atoms with van der Waals surface area (Å²) in [5.74, 6) is 0. The van der Waals surface area contributed by atoms with E-state index in [0.717, 1.165) is 5.69 Å². The fraction of sp³-hybridized carbons (Fsp3) is 0.0625. The molecule has 0 radical (unpaired) electrons. The van der Waals surface area contributed by atoms with Crippen molar-refractivity contribution in [3.63, 3.8) is 0 Å². The molecule has 0 fully saturated rings. The highest BCUT2D eigenvalue weighted by Gasteiger charge is 2.53. The molecule has 14 rings (SSSR count). The zero-order valence-electron chi connectivity index (χ0n) is 36.8. The van der Waals surface area contributed by atoms with Crippen LogP contribution in [0.25, 0.3) is 72.0 Å². The van der Waals surface area contributed by atoms with Gasteiger partial charge in [0.05, 0.1) is 27.8 Å². The van der Waals surface area contributed by atoms with Gasteiger partial charge in [-0.15, -0.1) is 0 Å². The Kier molecular flexibility index (Phi) is 7.70. The Labute approximate surface area is 385 Å². The second-order valence-electron chi connectivity index (χ2n) is 18.8. The Morgan fingerprint density at radius 2 is 0.879 bits per heavy atom. The van der Waals surface area contributed by atoms with Gasteiger partial charge < -0.3 is 9.47 Å². The van der Waals surface area contributed by atoms with Crippen LogP contribution in [0, 0.1) is 0 Å². The highest BCUT2D eigenvalue weighted by atomic mass is 15.2. The molecule has 0 atom stereocenters. The molecule has 0 unspecified atom stereocenters. The Bertz CT molecular complexity index is 3730. The fourth-order valence-corrected chi connectivity index (χ4v) is 12.5. The highest BCUT2D eigenvalue weighted by Crippen LogP contribution is 2.66. The quantitative estimate of drug-likeness (QED) is 0.168. The molecule has 310 valence electrons. The molecule has 3 aliphatic carbocycles. The van der Waals surface area contributed by atoms with Gasteiger partial charge in [0.15, 0.2) is 0 Å². The van der Waals surface area contributed by atoms with E-state index in [9.17, 15) is 0 Å². The molecule has 2 heteroatoms. The number of para-hydroxylation sites is 2. The van der Waals surface area contributed by atoms with Crippen LogP contribution < -0.4 is 4.90 Å². The van der Waals surface area contributed by atoms with E-state index in [4.69, 9.17) is 0 Å². The lowest BCUT2D eigenvalue weighted by atomic mass is 9.70. The van der Waals surface area contributed by atoms with E-state index in [1.54, 1.807) is 0 Å². The van der Waals surface area contributed by atoms with Gasteiger partial charge in [-0.3, -0.25) is 0 Å². The third-order valence-corrected chi connectivity index (χ3v) is 15.2. The Hall–Kier alpha value is -8.20. The lowest BCUT2D eigenvalue weighted by Gasteiger charge is -2.36. The summed E-state index contributed by atoms with van der Waals surface area (Å²) in [6, 6.07) is 86.2. The lowest BCUT2D eigenvalue weighted by Crippen LogP contribution is -2.28. The summed E-state index contributed by atoms with van der Waals surface area (Å²) in [6.07, 6.45) is 0. The van der Waals surface area contributed by atoms with Gasteiger partial charge in [0.1, 0.15) is 0 Å². The predicted molar refractivity (Wildman–Crippen MR) is 275 cm³/mol. The van der Waals surface area contributed by atoms with E-state index in [1.807, 2.05) is 0 Å². The molecular formula is C64H44N2. The second kappa shape index (κ2) is 13.7. The Balaban J connectivity index is 1.01. The number of hydrogen-bond acceptors (Lipinski definition) is 1. The van der Waals surface area contributed by atoms with Crippen molar-refractivity contribution in [1.82, 2.24) is 4.57 Å². The minimum atomic E-state index is -0.516. The molecule has 0 aliphatic heterocycles. The molecule has 0 saturated heterocycles. The van der Waals surface area contributed by atoms with Crippen LogP contribution in [0.5, 0.6) is 0 Å². The summed E-state index contributed by atoms with van der Waals surface area (Å²) in [4.78, 5) is 2.59. The van der Waals surface area contributed by atoms with Crippen molar-refractivity contribution < 1.29 is 0 Å². The summed E-state index contributed by atoms with van der Waals surface area (Å²) < 4.78 is 2.39. The molecule has 2 nitrogen and oxygen atoms in total. The molecule has 0 N–H and O–H groups in total. The number of rotatable bonds is 5. The van der Waals surface area contributed by atoms with Gasteiger partial charge in [0.25, 0.3) is 0 Å². The van der Waals surface area contributed by atoms with Gasteiger partial charge in [-0.2, -0.15) is 0 Å². The number of nitrogens with zero attached hydrogens (tertiary/aromatic N) is 2. The first-order valence-corrected chi connectivity index (χ1v) is 23.2. The van der Waals surface area contributed by atoms with Gasteiger partial charge in [0, 0.05) is 38.7 Å². The van der Waals surface area contributed by atoms with Crippen LogP contribution in [-0.2, 0) is 10.8 Å². The zero-order chi connectivity index (χ0) is 43.7. The first kappa shape index (κ1) is 37.2. The maximum absolute atomic E-state index is 2.59. The van der Waals surface area contributed by atoms with Crippen molar-refractivity contribution in [1.29, 1.82) is 0 Å². The average Bonchev–Trinajstić information content (AvgIpc) is 4.05. The van der Waals surface area contributed by atoms with Gasteiger partial charge in [0.2, 0.25) is 0 Å². The SMILES string of the molecule is CC1(C)c2ccccc2-c2c(N(c3ccc(-c4ccc5c(c4)c4ccccc4n5-c4ccccc4)cc3)c3cccc4c3C3(c5ccccc5-c5ccccc53)c3ccccc3-4)cccc21. The molecule has 1 spiro atoms. The van der Waals surface area contributed by atoms with Gasteiger partial charge in [-0.1, -0.05) is 190 Å². The van der Waals surface area contributed by atoms with Crippen molar-refractivity contribution in [3.8, 4) is 50.2 Å². The molecule has 66 heavy (non-hydrogen) atoms. The molecule has 11 aromatic rings. The van der Waals surface area contributed by atoms with E-state index in [2.05, 4.69) is 254 Å². The van der Waals surface area contributed by atoms with Crippen molar-refractivity contribution in [2.24, 2.45) is 0 Å². The first-order chi connectivity index (χ1) is 32.5. The smallest absolute Gasteiger partial charge is 0.0746 e. The average molecular weight is 841 g/mol. The van der Waals surface area contributed by atoms with Crippen LogP contribution in [-0.4, -0.2) is 4.57 Å². The van der Waals surface area contributed by atoms with Gasteiger partial charge in [-0.05, 0) is 121 Å². The first-order valence-electron chi connectivity index (χ1n) is 23.2. The predicted octanol–water partition coefficient (Wildman–Crippen LogP) is 16.6. The number of anilines is 3. The summed E-state index contributed by atoms with van der Waals surface area (Å²) in [5.41, 5.74) is 24.7. The van der Waals surface area contributed by atoms with Crippen LogP contribution in [0.1, 0.15) is 47.2 Å². The monoisotopic (exact) mass is 840 g/mol. The molecule has 3 aliphatic rings. The van der Waals surface area contributed by atoms with Crippen LogP contribution >= 0.6 is 0 Å². The summed E-state index contributed by atoms with van der Waals surface area (Å²) in [5, 5.41) is 2.51. The number of aromatic nitrogens is 1. The fourth-order valence-electron chi connectivity index (χ4n) is 12.5. The van der Waals surface area contributed by atoms with Crippen LogP contribution in [0.15, 0.2) is 231 Å². The molecule has 0 bridgehead atoms. The molecule has 1 heterocycles. The van der Waals surface area contributed by atoms with E-state index in [-0.39, 0.29) is 5.41 Å². The van der Waals surface area contributed by atoms with E-state index >= 15 is 0 Å². The molecule has 10 aromatic carbocycles. The van der Waals surface area contributed by atoms with Crippen LogP contribution in [0.4, 0.5) is 17.1 Å². The maximum atomic E-state index is 2.59. The summed E-state index contributed by atoms with van der Waals surface area (Å²) >= 11 is 0. The zero-order valence-corrected chi connectivity index (χ0v) is 36.8. The number of fused-ring (bicyclic) bond motifs is 16. The molecule has 0 saturated carbocycles. The highest BCUT2D eigenvalue weighted by molar-refractivity contribution is 6.10. The van der Waals surface area contributed by atoms with E-state index in [1.165, 1.54) is 117 Å². The van der Waals surface area contributed by atoms with E-state index in [0.29, 0.717) is 0 Å². The Morgan fingerprint density at radius 3 is 1.59 bits per heavy atom.